The molecule has 2 rings (SSSR count). The van der Waals surface area contributed by atoms with E-state index in [1.165, 1.54) is 5.56 Å². The van der Waals surface area contributed by atoms with Crippen LogP contribution in [0.2, 0.25) is 0 Å². The molecule has 1 aliphatic carbocycles. The Balaban J connectivity index is 2.38. The summed E-state index contributed by atoms with van der Waals surface area (Å²) >= 11 is 0. The fraction of sp³-hybridized carbons (Fsp3) is 0.647. The summed E-state index contributed by atoms with van der Waals surface area (Å²) in [7, 11) is 0. The molecule has 2 unspecified atom stereocenters. The molecule has 0 amide bonds. The summed E-state index contributed by atoms with van der Waals surface area (Å²) in [6, 6.07) is 10.5. The Bertz CT molecular complexity index is 404. The first kappa shape index (κ1) is 14.5. The van der Waals surface area contributed by atoms with Gasteiger partial charge < -0.3 is 5.21 Å². The maximum Gasteiger partial charge on any atom is 0.0744 e. The van der Waals surface area contributed by atoms with Crippen LogP contribution in [0.3, 0.4) is 0 Å². The Labute approximate surface area is 117 Å². The molecule has 0 radical (unpaired) electrons. The number of benzene rings is 1. The first-order valence-electron chi connectivity index (χ1n) is 7.62. The van der Waals surface area contributed by atoms with Gasteiger partial charge in [0.2, 0.25) is 0 Å². The van der Waals surface area contributed by atoms with Gasteiger partial charge in [0, 0.05) is 5.54 Å². The lowest BCUT2D eigenvalue weighted by atomic mass is 9.86. The fourth-order valence-corrected chi connectivity index (χ4v) is 3.58. The summed E-state index contributed by atoms with van der Waals surface area (Å²) in [5.41, 5.74) is 0.994. The fourth-order valence-electron chi connectivity index (χ4n) is 3.58. The van der Waals surface area contributed by atoms with Gasteiger partial charge in [-0.25, -0.2) is 0 Å². The van der Waals surface area contributed by atoms with E-state index in [0.29, 0.717) is 5.92 Å². The molecule has 0 aromatic heterocycles. The van der Waals surface area contributed by atoms with Crippen LogP contribution in [0.1, 0.15) is 58.9 Å². The molecule has 0 spiro atoms. The summed E-state index contributed by atoms with van der Waals surface area (Å²) in [6.07, 6.45) is 4.00. The van der Waals surface area contributed by atoms with Gasteiger partial charge >= 0.3 is 0 Å². The first-order chi connectivity index (χ1) is 9.07. The van der Waals surface area contributed by atoms with E-state index in [9.17, 15) is 5.21 Å². The lowest BCUT2D eigenvalue weighted by Gasteiger charge is -2.44. The normalized spacial score (nSPS) is 26.7. The van der Waals surface area contributed by atoms with E-state index in [1.807, 2.05) is 6.07 Å². The van der Waals surface area contributed by atoms with Gasteiger partial charge in [0.15, 0.2) is 0 Å². The predicted molar refractivity (Wildman–Crippen MR) is 79.1 cm³/mol. The summed E-state index contributed by atoms with van der Waals surface area (Å²) < 4.78 is 0. The van der Waals surface area contributed by atoms with Crippen molar-refractivity contribution in [3.8, 4) is 0 Å². The predicted octanol–water partition coefficient (Wildman–Crippen LogP) is 4.58. The Hall–Kier alpha value is -0.860. The summed E-state index contributed by atoms with van der Waals surface area (Å²) in [6.45, 7) is 8.79. The van der Waals surface area contributed by atoms with Gasteiger partial charge in [-0.05, 0) is 37.2 Å². The molecule has 1 N–H and O–H groups in total. The highest BCUT2D eigenvalue weighted by atomic mass is 16.5. The Morgan fingerprint density at radius 1 is 1.16 bits per heavy atom. The summed E-state index contributed by atoms with van der Waals surface area (Å²) in [5, 5.41) is 12.7. The van der Waals surface area contributed by atoms with E-state index in [1.54, 1.807) is 5.06 Å². The lowest BCUT2D eigenvalue weighted by molar-refractivity contribution is -0.225. The van der Waals surface area contributed by atoms with Crippen LogP contribution in [0, 0.1) is 5.92 Å². The van der Waals surface area contributed by atoms with Crippen LogP contribution < -0.4 is 0 Å². The molecular weight excluding hydrogens is 234 g/mol. The van der Waals surface area contributed by atoms with Crippen molar-refractivity contribution in [2.75, 3.05) is 0 Å². The molecule has 106 valence electrons. The quantitative estimate of drug-likeness (QED) is 0.758. The van der Waals surface area contributed by atoms with E-state index >= 15 is 0 Å². The van der Waals surface area contributed by atoms with Crippen LogP contribution in [0.5, 0.6) is 0 Å². The molecule has 1 fully saturated rings. The molecule has 0 saturated heterocycles. The van der Waals surface area contributed by atoms with Crippen LogP contribution in [0.15, 0.2) is 30.3 Å². The largest absolute Gasteiger partial charge is 0.313 e. The Kier molecular flexibility index (Phi) is 4.03. The average Bonchev–Trinajstić information content (AvgIpc) is 3.15. The average molecular weight is 261 g/mol. The molecule has 2 atom stereocenters. The van der Waals surface area contributed by atoms with Gasteiger partial charge in [0.05, 0.1) is 5.54 Å². The zero-order chi connectivity index (χ0) is 14.1. The molecule has 0 aliphatic heterocycles. The highest BCUT2D eigenvalue weighted by Crippen LogP contribution is 2.58. The second-order valence-electron chi connectivity index (χ2n) is 5.99. The van der Waals surface area contributed by atoms with E-state index in [-0.39, 0.29) is 11.1 Å². The molecule has 1 aliphatic rings. The van der Waals surface area contributed by atoms with Gasteiger partial charge in [0.25, 0.3) is 0 Å². The van der Waals surface area contributed by atoms with Crippen LogP contribution in [0.4, 0.5) is 0 Å². The minimum absolute atomic E-state index is 0.0966. The van der Waals surface area contributed by atoms with Gasteiger partial charge in [0.1, 0.15) is 0 Å². The molecule has 0 bridgehead atoms. The van der Waals surface area contributed by atoms with Gasteiger partial charge in [-0.1, -0.05) is 58.0 Å². The number of hydrogen-bond donors (Lipinski definition) is 1. The highest BCUT2D eigenvalue weighted by molar-refractivity contribution is 5.32. The van der Waals surface area contributed by atoms with Crippen LogP contribution in [0.25, 0.3) is 0 Å². The number of rotatable bonds is 6. The Morgan fingerprint density at radius 2 is 1.63 bits per heavy atom. The van der Waals surface area contributed by atoms with Crippen molar-refractivity contribution in [3.63, 3.8) is 0 Å². The van der Waals surface area contributed by atoms with Gasteiger partial charge in [-0.15, -0.1) is 0 Å². The maximum absolute atomic E-state index is 11.0. The minimum atomic E-state index is -0.163. The standard InChI is InChI=1S/C17H27NO/c1-5-16(6-2,7-3)18(19)17(13-14(17)4)15-11-9-8-10-12-15/h8-12,14,19H,5-7,13H2,1-4H3. The van der Waals surface area contributed by atoms with Gasteiger partial charge in [-0.2, -0.15) is 5.06 Å². The SMILES string of the molecule is CCC(CC)(CC)N(O)C1(c2ccccc2)CC1C. The molecule has 1 saturated carbocycles. The second-order valence-corrected chi connectivity index (χ2v) is 5.99. The third kappa shape index (κ3) is 2.11. The smallest absolute Gasteiger partial charge is 0.0744 e. The highest BCUT2D eigenvalue weighted by Gasteiger charge is 2.60. The lowest BCUT2D eigenvalue weighted by Crippen LogP contribution is -2.51. The molecular formula is C17H27NO. The van der Waals surface area contributed by atoms with Crippen molar-refractivity contribution in [2.24, 2.45) is 5.92 Å². The van der Waals surface area contributed by atoms with E-state index in [2.05, 4.69) is 52.0 Å². The third-order valence-corrected chi connectivity index (χ3v) is 5.35. The van der Waals surface area contributed by atoms with E-state index < -0.39 is 0 Å². The van der Waals surface area contributed by atoms with Crippen LogP contribution >= 0.6 is 0 Å². The van der Waals surface area contributed by atoms with Crippen molar-refractivity contribution < 1.29 is 5.21 Å². The van der Waals surface area contributed by atoms with Crippen molar-refractivity contribution in [1.29, 1.82) is 0 Å². The Morgan fingerprint density at radius 3 is 2.00 bits per heavy atom. The topological polar surface area (TPSA) is 23.5 Å². The maximum atomic E-state index is 11.0. The van der Waals surface area contributed by atoms with Crippen molar-refractivity contribution in [1.82, 2.24) is 5.06 Å². The van der Waals surface area contributed by atoms with Crippen molar-refractivity contribution in [3.05, 3.63) is 35.9 Å². The first-order valence-corrected chi connectivity index (χ1v) is 7.62. The van der Waals surface area contributed by atoms with Crippen molar-refractivity contribution >= 4 is 0 Å². The van der Waals surface area contributed by atoms with E-state index in [4.69, 9.17) is 0 Å². The number of hydrogen-bond acceptors (Lipinski definition) is 2. The van der Waals surface area contributed by atoms with Crippen molar-refractivity contribution in [2.45, 2.75) is 64.5 Å². The number of nitrogens with zero attached hydrogens (tertiary/aromatic N) is 1. The zero-order valence-corrected chi connectivity index (χ0v) is 12.7. The number of hydroxylamine groups is 2. The van der Waals surface area contributed by atoms with Gasteiger partial charge in [-0.3, -0.25) is 0 Å². The molecule has 2 nitrogen and oxygen atoms in total. The van der Waals surface area contributed by atoms with Crippen LogP contribution in [-0.2, 0) is 5.54 Å². The molecule has 1 aromatic rings. The van der Waals surface area contributed by atoms with Crippen LogP contribution in [-0.4, -0.2) is 15.8 Å². The molecule has 2 heteroatoms. The summed E-state index contributed by atoms with van der Waals surface area (Å²) in [5.74, 6) is 0.518. The zero-order valence-electron chi connectivity index (χ0n) is 12.7. The monoisotopic (exact) mass is 261 g/mol. The molecule has 0 heterocycles. The second kappa shape index (κ2) is 5.26. The van der Waals surface area contributed by atoms with E-state index in [0.717, 1.165) is 25.7 Å². The minimum Gasteiger partial charge on any atom is -0.313 e. The molecule has 1 aromatic carbocycles. The molecule has 19 heavy (non-hydrogen) atoms. The third-order valence-electron chi connectivity index (χ3n) is 5.35. The summed E-state index contributed by atoms with van der Waals surface area (Å²) in [4.78, 5) is 0.